The Hall–Kier alpha value is 0.630. The first kappa shape index (κ1) is 19.9. The fourth-order valence-corrected chi connectivity index (χ4v) is 4.68. The fraction of sp³-hybridized carbons (Fsp3) is 1.00. The van der Waals surface area contributed by atoms with E-state index in [-0.39, 0.29) is 0 Å². The van der Waals surface area contributed by atoms with Gasteiger partial charge < -0.3 is 9.80 Å². The molecule has 136 valence electrons. The van der Waals surface area contributed by atoms with Gasteiger partial charge in [0.15, 0.2) is 0 Å². The summed E-state index contributed by atoms with van der Waals surface area (Å²) in [7, 11) is -4.69. The van der Waals surface area contributed by atoms with Crippen molar-refractivity contribution in [1.82, 2.24) is 9.80 Å². The molecule has 9 heteroatoms. The Balaban J connectivity index is 0.000000132. The van der Waals surface area contributed by atoms with Crippen LogP contribution in [0.25, 0.3) is 0 Å². The Morgan fingerprint density at radius 3 is 1.09 bits per heavy atom. The zero-order chi connectivity index (χ0) is 17.0. The van der Waals surface area contributed by atoms with Gasteiger partial charge in [-0.3, -0.25) is 0 Å². The maximum Gasteiger partial charge on any atom is 0.0777 e. The van der Waals surface area contributed by atoms with E-state index in [0.29, 0.717) is 10.8 Å². The van der Waals surface area contributed by atoms with Crippen LogP contribution in [-0.2, 0) is 0 Å². The molecule has 0 spiro atoms. The summed E-state index contributed by atoms with van der Waals surface area (Å²) < 4.78 is 32.7. The van der Waals surface area contributed by atoms with Gasteiger partial charge in [-0.2, -0.15) is 14.0 Å². The molecule has 0 radical (unpaired) electrons. The molecule has 2 atom stereocenters. The van der Waals surface area contributed by atoms with Crippen molar-refractivity contribution in [1.29, 1.82) is 0 Å². The molecular formula is C14H25Cl3N2O4. The summed E-state index contributed by atoms with van der Waals surface area (Å²) in [4.78, 5) is 4.94. The van der Waals surface area contributed by atoms with Gasteiger partial charge in [-0.25, -0.2) is 0 Å². The molecule has 0 aromatic heterocycles. The minimum absolute atomic E-state index is 0.465. The Morgan fingerprint density at radius 2 is 1.00 bits per heavy atom. The minimum Gasteiger partial charge on any atom is -0.302 e. The van der Waals surface area contributed by atoms with E-state index < -0.39 is 10.2 Å². The summed E-state index contributed by atoms with van der Waals surface area (Å²) >= 11 is 12.1. The number of fused-ring (bicyclic) bond motifs is 6. The number of halogens is 3. The molecule has 6 heterocycles. The Morgan fingerprint density at radius 1 is 0.739 bits per heavy atom. The number of hydrogen-bond acceptors (Lipinski definition) is 6. The van der Waals surface area contributed by atoms with Crippen molar-refractivity contribution in [2.75, 3.05) is 39.3 Å². The van der Waals surface area contributed by atoms with Gasteiger partial charge in [0.05, 0.1) is 14.9 Å². The van der Waals surface area contributed by atoms with Crippen LogP contribution in [0.1, 0.15) is 25.7 Å². The molecule has 0 saturated carbocycles. The maximum absolute atomic E-state index is 8.60. The molecule has 23 heavy (non-hydrogen) atoms. The Labute approximate surface area is 149 Å². The van der Waals surface area contributed by atoms with E-state index in [4.69, 9.17) is 41.8 Å². The highest BCUT2D eigenvalue weighted by atomic mass is 35.7. The lowest BCUT2D eigenvalue weighted by atomic mass is 9.88. The van der Waals surface area contributed by atoms with Crippen molar-refractivity contribution in [2.45, 2.75) is 36.4 Å². The predicted molar refractivity (Wildman–Crippen MR) is 79.8 cm³/mol. The third-order valence-electron chi connectivity index (χ3n) is 5.15. The van der Waals surface area contributed by atoms with Crippen LogP contribution in [0.3, 0.4) is 0 Å². The van der Waals surface area contributed by atoms with E-state index in [0.717, 1.165) is 24.9 Å². The van der Waals surface area contributed by atoms with Gasteiger partial charge >= 0.3 is 0 Å². The van der Waals surface area contributed by atoms with Crippen molar-refractivity contribution in [3.63, 3.8) is 0 Å². The van der Waals surface area contributed by atoms with Crippen LogP contribution in [0.5, 0.6) is 0 Å². The van der Waals surface area contributed by atoms with Crippen molar-refractivity contribution in [3.05, 3.63) is 0 Å². The van der Waals surface area contributed by atoms with Crippen molar-refractivity contribution < 1.29 is 28.9 Å². The average molecular weight is 392 g/mol. The van der Waals surface area contributed by atoms with Crippen molar-refractivity contribution >= 4 is 23.2 Å². The van der Waals surface area contributed by atoms with Gasteiger partial charge in [-0.1, -0.05) is 0 Å². The molecule has 6 aliphatic heterocycles. The molecule has 4 bridgehead atoms. The number of piperidine rings is 6. The molecular weight excluding hydrogens is 367 g/mol. The molecule has 6 aliphatic rings. The lowest BCUT2D eigenvalue weighted by molar-refractivity contribution is -1.92. The van der Waals surface area contributed by atoms with Gasteiger partial charge in [0.2, 0.25) is 0 Å². The van der Waals surface area contributed by atoms with E-state index in [9.17, 15) is 0 Å². The van der Waals surface area contributed by atoms with Gasteiger partial charge in [0.1, 0.15) is 0 Å². The molecule has 6 rings (SSSR count). The van der Waals surface area contributed by atoms with Crippen LogP contribution in [0.4, 0.5) is 0 Å². The maximum atomic E-state index is 8.60. The smallest absolute Gasteiger partial charge is 0.0777 e. The molecule has 0 aromatic rings. The fourth-order valence-electron chi connectivity index (χ4n) is 3.79. The lowest BCUT2D eigenvalue weighted by Gasteiger charge is -2.42. The second-order valence-electron chi connectivity index (χ2n) is 6.70. The van der Waals surface area contributed by atoms with Gasteiger partial charge in [-0.15, -0.1) is 23.2 Å². The molecule has 2 unspecified atom stereocenters. The van der Waals surface area contributed by atoms with Crippen LogP contribution in [-0.4, -0.2) is 64.5 Å². The van der Waals surface area contributed by atoms with Gasteiger partial charge in [-0.05, 0) is 63.7 Å². The normalized spacial score (nSPS) is 41.5. The average Bonchev–Trinajstić information content (AvgIpc) is 2.48. The SMILES string of the molecule is ClC1CN2CCC1CC2.ClC1CN2CCC1CC2.[O-][Cl+3]([O-])([O-])O. The minimum atomic E-state index is -4.69. The van der Waals surface area contributed by atoms with Crippen LogP contribution in [0, 0.1) is 22.1 Å². The largest absolute Gasteiger partial charge is 0.302 e. The van der Waals surface area contributed by atoms with Crippen LogP contribution in [0.2, 0.25) is 0 Å². The topological polar surface area (TPSA) is 95.9 Å². The summed E-state index contributed by atoms with van der Waals surface area (Å²) in [5.41, 5.74) is 0. The summed E-state index contributed by atoms with van der Waals surface area (Å²) in [5, 5.41) is 0.931. The summed E-state index contributed by atoms with van der Waals surface area (Å²) in [6.45, 7) is 7.49. The van der Waals surface area contributed by atoms with E-state index in [1.807, 2.05) is 0 Å². The first-order valence-corrected chi connectivity index (χ1v) is 10.2. The molecule has 6 saturated heterocycles. The quantitative estimate of drug-likeness (QED) is 0.506. The van der Waals surface area contributed by atoms with Crippen molar-refractivity contribution in [3.8, 4) is 0 Å². The molecule has 6 nitrogen and oxygen atoms in total. The first-order chi connectivity index (χ1) is 10.7. The molecule has 0 aromatic carbocycles. The standard InChI is InChI=1S/2C7H12ClN.ClHO4/c2*8-7-5-9-3-1-6(7)2-4-9;2-1(3,4)5/h2*6-7H,1-5H2;(H,2,3,4,5). The number of hydrogen-bond donors (Lipinski definition) is 1. The van der Waals surface area contributed by atoms with E-state index in [1.165, 1.54) is 51.9 Å². The first-order valence-electron chi connectivity index (χ1n) is 8.08. The van der Waals surface area contributed by atoms with E-state index >= 15 is 0 Å². The predicted octanol–water partition coefficient (Wildman–Crippen LogP) is -1.49. The van der Waals surface area contributed by atoms with E-state index in [1.54, 1.807) is 0 Å². The number of nitrogens with zero attached hydrogens (tertiary/aromatic N) is 2. The third-order valence-corrected chi connectivity index (χ3v) is 6.14. The lowest BCUT2D eigenvalue weighted by Crippen LogP contribution is -2.58. The van der Waals surface area contributed by atoms with Crippen LogP contribution < -0.4 is 14.0 Å². The molecule has 6 fully saturated rings. The highest BCUT2D eigenvalue weighted by Crippen LogP contribution is 2.31. The zero-order valence-electron chi connectivity index (χ0n) is 13.1. The second-order valence-corrected chi connectivity index (χ2v) is 8.62. The highest BCUT2D eigenvalue weighted by molar-refractivity contribution is 6.21. The number of alkyl halides is 2. The molecule has 0 aliphatic carbocycles. The third kappa shape index (κ3) is 7.18. The monoisotopic (exact) mass is 390 g/mol. The van der Waals surface area contributed by atoms with E-state index in [2.05, 4.69) is 9.80 Å². The van der Waals surface area contributed by atoms with Crippen LogP contribution in [0.15, 0.2) is 0 Å². The highest BCUT2D eigenvalue weighted by Gasteiger charge is 2.33. The summed E-state index contributed by atoms with van der Waals surface area (Å²) in [6, 6.07) is 0. The Bertz CT molecular complexity index is 322. The molecule has 1 N–H and O–H groups in total. The number of rotatable bonds is 0. The van der Waals surface area contributed by atoms with Crippen molar-refractivity contribution in [2.24, 2.45) is 11.8 Å². The molecule has 0 amide bonds. The summed E-state index contributed by atoms with van der Waals surface area (Å²) in [6.07, 6.45) is 5.37. The zero-order valence-corrected chi connectivity index (χ0v) is 15.3. The van der Waals surface area contributed by atoms with Gasteiger partial charge in [0, 0.05) is 23.8 Å². The van der Waals surface area contributed by atoms with Crippen LogP contribution >= 0.6 is 23.2 Å². The summed E-state index contributed by atoms with van der Waals surface area (Å²) in [5.74, 6) is 1.69. The van der Waals surface area contributed by atoms with Gasteiger partial charge in [0.25, 0.3) is 0 Å². The Kier molecular flexibility index (Phi) is 7.66. The second kappa shape index (κ2) is 8.83.